The maximum absolute atomic E-state index is 12.6. The molecule has 0 bridgehead atoms. The van der Waals surface area contributed by atoms with Crippen LogP contribution in [0.5, 0.6) is 0 Å². The van der Waals surface area contributed by atoms with Crippen molar-refractivity contribution in [2.24, 2.45) is 0 Å². The van der Waals surface area contributed by atoms with Crippen molar-refractivity contribution in [2.45, 2.75) is 26.8 Å². The number of aromatic nitrogens is 3. The molecular formula is C18H20N4O3. The standard InChI is InChI=1S/C18H20N4O3/c1-11-4-5-15-13(8-11)14(9-12(2)20-15)18(23)19-10-16-21-17(25-22-16)6-7-24-3/h4-5,8-9H,6-7,10H2,1-3H3,(H,19,23). The highest BCUT2D eigenvalue weighted by Gasteiger charge is 2.14. The summed E-state index contributed by atoms with van der Waals surface area (Å²) in [5.74, 6) is 0.738. The first kappa shape index (κ1) is 17.0. The van der Waals surface area contributed by atoms with Gasteiger partial charge in [0.05, 0.1) is 30.7 Å². The lowest BCUT2D eigenvalue weighted by molar-refractivity contribution is 0.0951. The Kier molecular flexibility index (Phi) is 5.04. The molecule has 0 aliphatic carbocycles. The van der Waals surface area contributed by atoms with Gasteiger partial charge in [0.2, 0.25) is 5.89 Å². The van der Waals surface area contributed by atoms with Crippen LogP contribution in [0, 0.1) is 13.8 Å². The lowest BCUT2D eigenvalue weighted by Crippen LogP contribution is -2.24. The zero-order chi connectivity index (χ0) is 17.8. The van der Waals surface area contributed by atoms with Crippen LogP contribution in [0.25, 0.3) is 10.9 Å². The number of carbonyl (C=O) groups is 1. The first-order valence-electron chi connectivity index (χ1n) is 8.03. The van der Waals surface area contributed by atoms with Gasteiger partial charge in [-0.05, 0) is 32.0 Å². The largest absolute Gasteiger partial charge is 0.384 e. The molecule has 0 saturated heterocycles. The zero-order valence-electron chi connectivity index (χ0n) is 14.5. The average Bonchev–Trinajstić information content (AvgIpc) is 3.05. The second-order valence-electron chi connectivity index (χ2n) is 5.86. The molecule has 0 aliphatic rings. The number of hydrogen-bond acceptors (Lipinski definition) is 6. The maximum Gasteiger partial charge on any atom is 0.252 e. The lowest BCUT2D eigenvalue weighted by atomic mass is 10.0. The van der Waals surface area contributed by atoms with E-state index in [4.69, 9.17) is 9.26 Å². The van der Waals surface area contributed by atoms with Gasteiger partial charge in [-0.15, -0.1) is 0 Å². The monoisotopic (exact) mass is 340 g/mol. The fourth-order valence-corrected chi connectivity index (χ4v) is 2.57. The van der Waals surface area contributed by atoms with E-state index < -0.39 is 0 Å². The maximum atomic E-state index is 12.6. The third-order valence-corrected chi connectivity index (χ3v) is 3.77. The molecule has 130 valence electrons. The Labute approximate surface area is 145 Å². The van der Waals surface area contributed by atoms with Crippen molar-refractivity contribution < 1.29 is 14.1 Å². The SMILES string of the molecule is COCCc1nc(CNC(=O)c2cc(C)nc3ccc(C)cc23)no1. The van der Waals surface area contributed by atoms with Gasteiger partial charge in [0.1, 0.15) is 0 Å². The summed E-state index contributed by atoms with van der Waals surface area (Å²) >= 11 is 0. The number of aryl methyl sites for hydroxylation is 2. The number of ether oxygens (including phenoxy) is 1. The topological polar surface area (TPSA) is 90.1 Å². The van der Waals surface area contributed by atoms with Crippen LogP contribution < -0.4 is 5.32 Å². The predicted molar refractivity (Wildman–Crippen MR) is 92.3 cm³/mol. The molecule has 3 rings (SSSR count). The summed E-state index contributed by atoms with van der Waals surface area (Å²) in [6, 6.07) is 7.66. The quantitative estimate of drug-likeness (QED) is 0.741. The molecule has 0 radical (unpaired) electrons. The summed E-state index contributed by atoms with van der Waals surface area (Å²) in [7, 11) is 1.61. The van der Waals surface area contributed by atoms with Gasteiger partial charge in [-0.25, -0.2) is 0 Å². The van der Waals surface area contributed by atoms with Crippen molar-refractivity contribution in [3.05, 3.63) is 52.8 Å². The van der Waals surface area contributed by atoms with Gasteiger partial charge in [0, 0.05) is 18.2 Å². The first-order chi connectivity index (χ1) is 12.1. The third kappa shape index (κ3) is 4.00. The number of amides is 1. The van der Waals surface area contributed by atoms with Crippen molar-refractivity contribution in [3.8, 4) is 0 Å². The van der Waals surface area contributed by atoms with Crippen LogP contribution in [0.4, 0.5) is 0 Å². The van der Waals surface area contributed by atoms with E-state index in [1.165, 1.54) is 0 Å². The van der Waals surface area contributed by atoms with E-state index >= 15 is 0 Å². The molecule has 0 spiro atoms. The summed E-state index contributed by atoms with van der Waals surface area (Å²) in [6.07, 6.45) is 0.547. The number of benzene rings is 1. The van der Waals surface area contributed by atoms with Crippen molar-refractivity contribution in [2.75, 3.05) is 13.7 Å². The lowest BCUT2D eigenvalue weighted by Gasteiger charge is -2.08. The highest BCUT2D eigenvalue weighted by Crippen LogP contribution is 2.20. The van der Waals surface area contributed by atoms with Crippen molar-refractivity contribution >= 4 is 16.8 Å². The van der Waals surface area contributed by atoms with Gasteiger partial charge in [0.25, 0.3) is 5.91 Å². The minimum atomic E-state index is -0.190. The molecule has 0 atom stereocenters. The molecule has 25 heavy (non-hydrogen) atoms. The molecule has 7 heteroatoms. The van der Waals surface area contributed by atoms with Crippen molar-refractivity contribution in [1.29, 1.82) is 0 Å². The van der Waals surface area contributed by atoms with Gasteiger partial charge in [-0.1, -0.05) is 16.8 Å². The van der Waals surface area contributed by atoms with E-state index in [2.05, 4.69) is 20.4 Å². The number of hydrogen-bond donors (Lipinski definition) is 1. The number of pyridine rings is 1. The van der Waals surface area contributed by atoms with E-state index in [0.29, 0.717) is 30.3 Å². The van der Waals surface area contributed by atoms with E-state index in [-0.39, 0.29) is 12.5 Å². The minimum absolute atomic E-state index is 0.190. The highest BCUT2D eigenvalue weighted by atomic mass is 16.5. The Morgan fingerprint density at radius 2 is 2.08 bits per heavy atom. The third-order valence-electron chi connectivity index (χ3n) is 3.77. The number of fused-ring (bicyclic) bond motifs is 1. The molecule has 2 heterocycles. The van der Waals surface area contributed by atoms with Gasteiger partial charge < -0.3 is 14.6 Å². The van der Waals surface area contributed by atoms with Gasteiger partial charge in [0.15, 0.2) is 5.82 Å². The summed E-state index contributed by atoms with van der Waals surface area (Å²) in [5, 5.41) is 7.53. The number of nitrogens with zero attached hydrogens (tertiary/aromatic N) is 3. The molecule has 0 saturated carbocycles. The van der Waals surface area contributed by atoms with Crippen LogP contribution >= 0.6 is 0 Å². The van der Waals surface area contributed by atoms with E-state index in [1.54, 1.807) is 13.2 Å². The van der Waals surface area contributed by atoms with Crippen molar-refractivity contribution in [1.82, 2.24) is 20.4 Å². The molecule has 2 aromatic heterocycles. The normalized spacial score (nSPS) is 11.0. The Morgan fingerprint density at radius 3 is 2.88 bits per heavy atom. The zero-order valence-corrected chi connectivity index (χ0v) is 14.5. The summed E-state index contributed by atoms with van der Waals surface area (Å²) in [4.78, 5) is 21.3. The first-order valence-corrected chi connectivity index (χ1v) is 8.03. The molecule has 3 aromatic rings. The second-order valence-corrected chi connectivity index (χ2v) is 5.86. The molecule has 7 nitrogen and oxygen atoms in total. The molecule has 1 N–H and O–H groups in total. The van der Waals surface area contributed by atoms with Crippen LogP contribution in [0.2, 0.25) is 0 Å². The van der Waals surface area contributed by atoms with Crippen LogP contribution in [0.15, 0.2) is 28.8 Å². The predicted octanol–water partition coefficient (Wildman–Crippen LogP) is 2.35. The molecule has 0 unspecified atom stereocenters. The molecule has 0 aliphatic heterocycles. The smallest absolute Gasteiger partial charge is 0.252 e. The van der Waals surface area contributed by atoms with Crippen LogP contribution in [-0.4, -0.2) is 34.7 Å². The summed E-state index contributed by atoms with van der Waals surface area (Å²) < 4.78 is 10.1. The van der Waals surface area contributed by atoms with Gasteiger partial charge >= 0.3 is 0 Å². The van der Waals surface area contributed by atoms with Crippen LogP contribution in [0.1, 0.15) is 33.3 Å². The summed E-state index contributed by atoms with van der Waals surface area (Å²) in [6.45, 7) is 4.57. The molecule has 1 aromatic carbocycles. The van der Waals surface area contributed by atoms with Gasteiger partial charge in [-0.3, -0.25) is 9.78 Å². The fourth-order valence-electron chi connectivity index (χ4n) is 2.57. The Morgan fingerprint density at radius 1 is 1.24 bits per heavy atom. The van der Waals surface area contributed by atoms with Crippen LogP contribution in [-0.2, 0) is 17.7 Å². The van der Waals surface area contributed by atoms with E-state index in [9.17, 15) is 4.79 Å². The van der Waals surface area contributed by atoms with Crippen LogP contribution in [0.3, 0.4) is 0 Å². The van der Waals surface area contributed by atoms with E-state index in [0.717, 1.165) is 22.2 Å². The van der Waals surface area contributed by atoms with E-state index in [1.807, 2.05) is 32.0 Å². The Hall–Kier alpha value is -2.80. The van der Waals surface area contributed by atoms with Crippen molar-refractivity contribution in [3.63, 3.8) is 0 Å². The number of nitrogens with one attached hydrogen (secondary N) is 1. The Balaban J connectivity index is 1.76. The number of methoxy groups -OCH3 is 1. The molecular weight excluding hydrogens is 320 g/mol. The fraction of sp³-hybridized carbons (Fsp3) is 0.333. The number of rotatable bonds is 6. The molecule has 0 fully saturated rings. The minimum Gasteiger partial charge on any atom is -0.384 e. The highest BCUT2D eigenvalue weighted by molar-refractivity contribution is 6.06. The number of carbonyl (C=O) groups excluding carboxylic acids is 1. The summed E-state index contributed by atoms with van der Waals surface area (Å²) in [5.41, 5.74) is 3.27. The second kappa shape index (κ2) is 7.40. The van der Waals surface area contributed by atoms with Gasteiger partial charge in [-0.2, -0.15) is 4.98 Å². The Bertz CT molecular complexity index is 904. The average molecular weight is 340 g/mol. The molecule has 1 amide bonds.